The Labute approximate surface area is 133 Å². The quantitative estimate of drug-likeness (QED) is 0.794. The number of hydrogen-bond donors (Lipinski definition) is 3. The number of hydrazine groups is 1. The van der Waals surface area contributed by atoms with Crippen LogP contribution >= 0.6 is 11.6 Å². The molecule has 0 spiro atoms. The van der Waals surface area contributed by atoms with Gasteiger partial charge in [0.2, 0.25) is 0 Å². The van der Waals surface area contributed by atoms with E-state index in [2.05, 4.69) is 34.9 Å². The lowest BCUT2D eigenvalue weighted by atomic mass is 9.93. The molecule has 1 saturated heterocycles. The molecule has 22 heavy (non-hydrogen) atoms. The zero-order valence-corrected chi connectivity index (χ0v) is 13.4. The molecule has 0 saturated carbocycles. The minimum atomic E-state index is -0.177. The molecule has 2 aromatic rings. The van der Waals surface area contributed by atoms with Crippen molar-refractivity contribution in [2.24, 2.45) is 5.92 Å². The second-order valence-corrected chi connectivity index (χ2v) is 6.33. The van der Waals surface area contributed by atoms with Gasteiger partial charge < -0.3 is 0 Å². The SMILES string of the molecule is CC1NNC(C)C1Cc1n[nH]c(=O)n1Cc1ccc(Cl)cc1. The second kappa shape index (κ2) is 6.24. The smallest absolute Gasteiger partial charge is 0.275 e. The molecule has 118 valence electrons. The van der Waals surface area contributed by atoms with Gasteiger partial charge >= 0.3 is 5.69 Å². The Balaban J connectivity index is 1.81. The molecular formula is C15H20ClN5O. The van der Waals surface area contributed by atoms with Crippen LogP contribution in [0.4, 0.5) is 0 Å². The van der Waals surface area contributed by atoms with E-state index in [-0.39, 0.29) is 5.69 Å². The lowest BCUT2D eigenvalue weighted by Gasteiger charge is -2.17. The van der Waals surface area contributed by atoms with Gasteiger partial charge in [-0.05, 0) is 37.5 Å². The van der Waals surface area contributed by atoms with E-state index >= 15 is 0 Å². The van der Waals surface area contributed by atoms with Crippen molar-refractivity contribution in [3.05, 3.63) is 51.2 Å². The van der Waals surface area contributed by atoms with Crippen molar-refractivity contribution in [3.8, 4) is 0 Å². The van der Waals surface area contributed by atoms with Crippen molar-refractivity contribution in [1.29, 1.82) is 0 Å². The minimum Gasteiger partial charge on any atom is -0.275 e. The molecule has 1 aromatic heterocycles. The number of benzene rings is 1. The molecule has 0 amide bonds. The average molecular weight is 322 g/mol. The maximum Gasteiger partial charge on any atom is 0.343 e. The summed E-state index contributed by atoms with van der Waals surface area (Å²) in [5, 5.41) is 7.46. The van der Waals surface area contributed by atoms with Crippen LogP contribution in [0.5, 0.6) is 0 Å². The first-order valence-electron chi connectivity index (χ1n) is 7.44. The number of nitrogens with zero attached hydrogens (tertiary/aromatic N) is 2. The number of halogens is 1. The third kappa shape index (κ3) is 3.09. The van der Waals surface area contributed by atoms with E-state index in [0.717, 1.165) is 17.8 Å². The highest BCUT2D eigenvalue weighted by molar-refractivity contribution is 6.30. The largest absolute Gasteiger partial charge is 0.343 e. The highest BCUT2D eigenvalue weighted by Gasteiger charge is 2.31. The Morgan fingerprint density at radius 2 is 1.82 bits per heavy atom. The van der Waals surface area contributed by atoms with E-state index in [4.69, 9.17) is 11.6 Å². The van der Waals surface area contributed by atoms with E-state index in [1.54, 1.807) is 4.57 Å². The normalized spacial score (nSPS) is 24.8. The summed E-state index contributed by atoms with van der Waals surface area (Å²) in [6, 6.07) is 8.19. The summed E-state index contributed by atoms with van der Waals surface area (Å²) in [5.41, 5.74) is 7.31. The number of rotatable bonds is 4. The second-order valence-electron chi connectivity index (χ2n) is 5.89. The Morgan fingerprint density at radius 3 is 2.45 bits per heavy atom. The lowest BCUT2D eigenvalue weighted by molar-refractivity contribution is 0.425. The molecule has 1 aliphatic rings. The van der Waals surface area contributed by atoms with Crippen LogP contribution in [-0.2, 0) is 13.0 Å². The molecule has 3 N–H and O–H groups in total. The molecule has 0 bridgehead atoms. The molecule has 1 fully saturated rings. The van der Waals surface area contributed by atoms with E-state index < -0.39 is 0 Å². The Kier molecular flexibility index (Phi) is 4.33. The monoisotopic (exact) mass is 321 g/mol. The maximum absolute atomic E-state index is 12.0. The molecule has 0 radical (unpaired) electrons. The average Bonchev–Trinajstić information content (AvgIpc) is 3.00. The van der Waals surface area contributed by atoms with Crippen LogP contribution in [0.3, 0.4) is 0 Å². The van der Waals surface area contributed by atoms with Crippen LogP contribution in [0.1, 0.15) is 25.2 Å². The lowest BCUT2D eigenvalue weighted by Crippen LogP contribution is -2.30. The van der Waals surface area contributed by atoms with Gasteiger partial charge in [0.25, 0.3) is 0 Å². The van der Waals surface area contributed by atoms with Gasteiger partial charge in [-0.2, -0.15) is 5.10 Å². The third-order valence-corrected chi connectivity index (χ3v) is 4.58. The fourth-order valence-electron chi connectivity index (χ4n) is 2.92. The fraction of sp³-hybridized carbons (Fsp3) is 0.467. The molecule has 3 rings (SSSR count). The van der Waals surface area contributed by atoms with Gasteiger partial charge in [-0.25, -0.2) is 9.89 Å². The van der Waals surface area contributed by atoms with E-state index in [1.165, 1.54) is 0 Å². The summed E-state index contributed by atoms with van der Waals surface area (Å²) in [6.45, 7) is 4.77. The van der Waals surface area contributed by atoms with E-state index in [1.807, 2.05) is 24.3 Å². The molecule has 2 unspecified atom stereocenters. The topological polar surface area (TPSA) is 74.7 Å². The third-order valence-electron chi connectivity index (χ3n) is 4.33. The van der Waals surface area contributed by atoms with Crippen LogP contribution in [0, 0.1) is 5.92 Å². The van der Waals surface area contributed by atoms with Crippen molar-refractivity contribution in [2.45, 2.75) is 38.9 Å². The van der Waals surface area contributed by atoms with Crippen molar-refractivity contribution < 1.29 is 0 Å². The predicted octanol–water partition coefficient (Wildman–Crippen LogP) is 1.32. The highest BCUT2D eigenvalue weighted by Crippen LogP contribution is 2.19. The maximum atomic E-state index is 12.0. The number of hydrogen-bond acceptors (Lipinski definition) is 4. The van der Waals surface area contributed by atoms with E-state index in [0.29, 0.717) is 29.6 Å². The molecule has 2 atom stereocenters. The van der Waals surface area contributed by atoms with Gasteiger partial charge in [-0.15, -0.1) is 0 Å². The number of H-pyrrole nitrogens is 1. The highest BCUT2D eigenvalue weighted by atomic mass is 35.5. The predicted molar refractivity (Wildman–Crippen MR) is 85.8 cm³/mol. The first kappa shape index (κ1) is 15.3. The van der Waals surface area contributed by atoms with Crippen molar-refractivity contribution in [2.75, 3.05) is 0 Å². The summed E-state index contributed by atoms with van der Waals surface area (Å²) in [7, 11) is 0. The zero-order chi connectivity index (χ0) is 15.7. The van der Waals surface area contributed by atoms with Crippen LogP contribution in [0.2, 0.25) is 5.02 Å². The molecule has 0 aliphatic carbocycles. The van der Waals surface area contributed by atoms with Crippen molar-refractivity contribution >= 4 is 11.6 Å². The summed E-state index contributed by atoms with van der Waals surface area (Å²) < 4.78 is 1.70. The first-order chi connectivity index (χ1) is 10.5. The molecule has 1 aromatic carbocycles. The number of aromatic amines is 1. The van der Waals surface area contributed by atoms with Crippen molar-refractivity contribution in [1.82, 2.24) is 25.6 Å². The molecule has 6 nitrogen and oxygen atoms in total. The summed E-state index contributed by atoms with van der Waals surface area (Å²) in [4.78, 5) is 12.0. The van der Waals surface area contributed by atoms with Crippen molar-refractivity contribution in [3.63, 3.8) is 0 Å². The summed E-state index contributed by atoms with van der Waals surface area (Å²) >= 11 is 5.90. The van der Waals surface area contributed by atoms with Gasteiger partial charge in [-0.1, -0.05) is 23.7 Å². The zero-order valence-electron chi connectivity index (χ0n) is 12.6. The standard InChI is InChI=1S/C15H20ClN5O/c1-9-13(10(2)18-17-9)7-14-19-20-15(22)21(14)8-11-3-5-12(16)6-4-11/h3-6,9-10,13,17-18H,7-8H2,1-2H3,(H,20,22). The van der Waals surface area contributed by atoms with E-state index in [9.17, 15) is 4.79 Å². The molecular weight excluding hydrogens is 302 g/mol. The van der Waals surface area contributed by atoms with Gasteiger partial charge in [0, 0.05) is 23.5 Å². The Morgan fingerprint density at radius 1 is 1.18 bits per heavy atom. The Hall–Kier alpha value is -1.63. The van der Waals surface area contributed by atoms with Gasteiger partial charge in [-0.3, -0.25) is 15.4 Å². The Bertz CT molecular complexity index is 683. The summed E-state index contributed by atoms with van der Waals surface area (Å²) in [5.74, 6) is 1.17. The van der Waals surface area contributed by atoms with Crippen LogP contribution in [0.25, 0.3) is 0 Å². The fourth-order valence-corrected chi connectivity index (χ4v) is 3.04. The molecule has 7 heteroatoms. The van der Waals surface area contributed by atoms with Gasteiger partial charge in [0.05, 0.1) is 6.54 Å². The summed E-state index contributed by atoms with van der Waals surface area (Å²) in [6.07, 6.45) is 0.745. The minimum absolute atomic E-state index is 0.177. The number of aromatic nitrogens is 3. The first-order valence-corrected chi connectivity index (χ1v) is 7.82. The van der Waals surface area contributed by atoms with Gasteiger partial charge in [0.15, 0.2) is 0 Å². The van der Waals surface area contributed by atoms with Crippen LogP contribution in [-0.4, -0.2) is 26.8 Å². The molecule has 1 aliphatic heterocycles. The van der Waals surface area contributed by atoms with Crippen LogP contribution < -0.4 is 16.5 Å². The van der Waals surface area contributed by atoms with Crippen LogP contribution in [0.15, 0.2) is 29.1 Å². The number of nitrogens with one attached hydrogen (secondary N) is 3. The van der Waals surface area contributed by atoms with Gasteiger partial charge in [0.1, 0.15) is 5.82 Å². The molecule has 2 heterocycles.